The number of aromatic nitrogens is 2. The maximum Gasteiger partial charge on any atom is 0.157 e. The molecule has 1 N–H and O–H groups in total. The van der Waals surface area contributed by atoms with Gasteiger partial charge in [0.05, 0.1) is 24.2 Å². The Hall–Kier alpha value is -1.81. The van der Waals surface area contributed by atoms with E-state index in [-0.39, 0.29) is 6.61 Å². The lowest BCUT2D eigenvalue weighted by Gasteiger charge is -2.05. The number of rotatable bonds is 4. The number of aliphatic hydroxyl groups excluding tert-OH is 1. The smallest absolute Gasteiger partial charge is 0.157 e. The van der Waals surface area contributed by atoms with Crippen molar-refractivity contribution in [2.24, 2.45) is 0 Å². The summed E-state index contributed by atoms with van der Waals surface area (Å²) in [5.41, 5.74) is 2.18. The molecule has 0 fully saturated rings. The Morgan fingerprint density at radius 1 is 1.47 bits per heavy atom. The van der Waals surface area contributed by atoms with E-state index in [9.17, 15) is 0 Å². The number of nitrogens with zero attached hydrogens (tertiary/aromatic N) is 2. The Kier molecular flexibility index (Phi) is 3.44. The van der Waals surface area contributed by atoms with Gasteiger partial charge >= 0.3 is 0 Å². The zero-order valence-corrected chi connectivity index (χ0v) is 10.00. The highest BCUT2D eigenvalue weighted by atomic mass is 16.5. The van der Waals surface area contributed by atoms with E-state index < -0.39 is 6.10 Å². The third-order valence-electron chi connectivity index (χ3n) is 2.32. The summed E-state index contributed by atoms with van der Waals surface area (Å²) in [6.45, 7) is 4.00. The predicted octanol–water partition coefficient (Wildman–Crippen LogP) is 1.94. The lowest BCUT2D eigenvalue weighted by atomic mass is 10.2. The Labute approximate surface area is 100 Å². The molecular formula is C13H16N2O2. The molecule has 1 heterocycles. The molecule has 0 aliphatic rings. The molecule has 0 saturated carbocycles. The average molecular weight is 232 g/mol. The van der Waals surface area contributed by atoms with E-state index in [0.717, 1.165) is 5.69 Å². The largest absolute Gasteiger partial charge is 0.488 e. The van der Waals surface area contributed by atoms with Crippen LogP contribution in [0.4, 0.5) is 0 Å². The van der Waals surface area contributed by atoms with Crippen LogP contribution in [0.15, 0.2) is 36.7 Å². The molecule has 17 heavy (non-hydrogen) atoms. The fourth-order valence-electron chi connectivity index (χ4n) is 1.51. The first-order valence-corrected chi connectivity index (χ1v) is 5.58. The summed E-state index contributed by atoms with van der Waals surface area (Å²) in [4.78, 5) is 0. The van der Waals surface area contributed by atoms with Crippen LogP contribution in [-0.4, -0.2) is 27.6 Å². The van der Waals surface area contributed by atoms with Gasteiger partial charge in [-0.2, -0.15) is 5.10 Å². The number of hydrogen-bond acceptors (Lipinski definition) is 3. The van der Waals surface area contributed by atoms with Crippen molar-refractivity contribution in [3.8, 4) is 11.4 Å². The Bertz CT molecular complexity index is 492. The zero-order chi connectivity index (χ0) is 12.3. The van der Waals surface area contributed by atoms with Crippen LogP contribution in [0.3, 0.4) is 0 Å². The van der Waals surface area contributed by atoms with Crippen LogP contribution in [0.2, 0.25) is 0 Å². The van der Waals surface area contributed by atoms with Crippen LogP contribution in [0.1, 0.15) is 12.5 Å². The second-order valence-corrected chi connectivity index (χ2v) is 4.12. The lowest BCUT2D eigenvalue weighted by Crippen LogP contribution is -2.12. The fourth-order valence-corrected chi connectivity index (χ4v) is 1.51. The van der Waals surface area contributed by atoms with Crippen LogP contribution < -0.4 is 4.74 Å². The summed E-state index contributed by atoms with van der Waals surface area (Å²) in [6, 6.07) is 8.06. The second kappa shape index (κ2) is 5.01. The van der Waals surface area contributed by atoms with Crippen LogP contribution in [-0.2, 0) is 0 Å². The van der Waals surface area contributed by atoms with Crippen molar-refractivity contribution in [3.63, 3.8) is 0 Å². The molecule has 0 aliphatic heterocycles. The van der Waals surface area contributed by atoms with Crippen LogP contribution in [0, 0.1) is 6.92 Å². The van der Waals surface area contributed by atoms with Crippen molar-refractivity contribution < 1.29 is 9.84 Å². The van der Waals surface area contributed by atoms with Gasteiger partial charge in [-0.3, -0.25) is 0 Å². The molecule has 1 unspecified atom stereocenters. The first-order chi connectivity index (χ1) is 8.15. The fraction of sp³-hybridized carbons (Fsp3) is 0.308. The standard InChI is InChI=1S/C13H16N2O2/c1-10-4-3-5-12(6-10)15-8-13(7-14-15)17-9-11(2)16/h3-8,11,16H,9H2,1-2H3. The van der Waals surface area contributed by atoms with Crippen molar-refractivity contribution in [3.05, 3.63) is 42.2 Å². The number of benzene rings is 1. The van der Waals surface area contributed by atoms with E-state index in [2.05, 4.69) is 5.10 Å². The van der Waals surface area contributed by atoms with Gasteiger partial charge in [-0.05, 0) is 31.5 Å². The van der Waals surface area contributed by atoms with Gasteiger partial charge in [0.15, 0.2) is 5.75 Å². The lowest BCUT2D eigenvalue weighted by molar-refractivity contribution is 0.122. The van der Waals surface area contributed by atoms with E-state index in [1.165, 1.54) is 5.56 Å². The summed E-state index contributed by atoms with van der Waals surface area (Å²) < 4.78 is 7.12. The molecule has 2 rings (SSSR count). The summed E-state index contributed by atoms with van der Waals surface area (Å²) in [6.07, 6.45) is 2.97. The quantitative estimate of drug-likeness (QED) is 0.876. The van der Waals surface area contributed by atoms with E-state index in [1.54, 1.807) is 24.0 Å². The second-order valence-electron chi connectivity index (χ2n) is 4.12. The monoisotopic (exact) mass is 232 g/mol. The van der Waals surface area contributed by atoms with Gasteiger partial charge in [0.1, 0.15) is 6.61 Å². The summed E-state index contributed by atoms with van der Waals surface area (Å²) in [7, 11) is 0. The van der Waals surface area contributed by atoms with Crippen LogP contribution >= 0.6 is 0 Å². The minimum Gasteiger partial charge on any atom is -0.488 e. The van der Waals surface area contributed by atoms with Gasteiger partial charge in [-0.25, -0.2) is 4.68 Å². The van der Waals surface area contributed by atoms with E-state index in [1.807, 2.05) is 31.2 Å². The molecule has 0 radical (unpaired) electrons. The number of hydrogen-bond donors (Lipinski definition) is 1. The maximum absolute atomic E-state index is 9.12. The van der Waals surface area contributed by atoms with Gasteiger partial charge < -0.3 is 9.84 Å². The third-order valence-corrected chi connectivity index (χ3v) is 2.32. The molecule has 1 atom stereocenters. The molecule has 4 heteroatoms. The Balaban J connectivity index is 2.12. The number of ether oxygens (including phenoxy) is 1. The predicted molar refractivity (Wildman–Crippen MR) is 65.5 cm³/mol. The highest BCUT2D eigenvalue weighted by Gasteiger charge is 2.03. The topological polar surface area (TPSA) is 47.3 Å². The molecule has 90 valence electrons. The molecule has 2 aromatic rings. The summed E-state index contributed by atoms with van der Waals surface area (Å²) in [5.74, 6) is 0.660. The number of aryl methyl sites for hydroxylation is 1. The molecule has 0 bridgehead atoms. The van der Waals surface area contributed by atoms with Crippen molar-refractivity contribution in [2.45, 2.75) is 20.0 Å². The van der Waals surface area contributed by atoms with Crippen molar-refractivity contribution >= 4 is 0 Å². The molecule has 4 nitrogen and oxygen atoms in total. The van der Waals surface area contributed by atoms with Crippen molar-refractivity contribution in [1.82, 2.24) is 9.78 Å². The van der Waals surface area contributed by atoms with Gasteiger partial charge in [0, 0.05) is 0 Å². The first kappa shape index (κ1) is 11.7. The molecule has 0 spiro atoms. The summed E-state index contributed by atoms with van der Waals surface area (Å²) >= 11 is 0. The van der Waals surface area contributed by atoms with Gasteiger partial charge in [-0.15, -0.1) is 0 Å². The average Bonchev–Trinajstić information content (AvgIpc) is 2.75. The van der Waals surface area contributed by atoms with E-state index in [0.29, 0.717) is 5.75 Å². The summed E-state index contributed by atoms with van der Waals surface area (Å²) in [5, 5.41) is 13.3. The SMILES string of the molecule is Cc1cccc(-n2cc(OCC(C)O)cn2)c1. The minimum atomic E-state index is -0.475. The molecule has 1 aromatic heterocycles. The highest BCUT2D eigenvalue weighted by molar-refractivity contribution is 5.35. The van der Waals surface area contributed by atoms with Crippen molar-refractivity contribution in [1.29, 1.82) is 0 Å². The molecular weight excluding hydrogens is 216 g/mol. The van der Waals surface area contributed by atoms with Crippen LogP contribution in [0.5, 0.6) is 5.75 Å². The van der Waals surface area contributed by atoms with Gasteiger partial charge in [0.2, 0.25) is 0 Å². The molecule has 0 aliphatic carbocycles. The van der Waals surface area contributed by atoms with E-state index >= 15 is 0 Å². The zero-order valence-electron chi connectivity index (χ0n) is 10.00. The Morgan fingerprint density at radius 2 is 2.29 bits per heavy atom. The van der Waals surface area contributed by atoms with Gasteiger partial charge in [-0.1, -0.05) is 12.1 Å². The number of aliphatic hydroxyl groups is 1. The van der Waals surface area contributed by atoms with E-state index in [4.69, 9.17) is 9.84 Å². The molecule has 0 saturated heterocycles. The molecule has 0 amide bonds. The normalized spacial score (nSPS) is 12.4. The Morgan fingerprint density at radius 3 is 3.00 bits per heavy atom. The van der Waals surface area contributed by atoms with Gasteiger partial charge in [0.25, 0.3) is 0 Å². The van der Waals surface area contributed by atoms with Crippen molar-refractivity contribution in [2.75, 3.05) is 6.61 Å². The first-order valence-electron chi connectivity index (χ1n) is 5.58. The maximum atomic E-state index is 9.12. The third kappa shape index (κ3) is 3.07. The highest BCUT2D eigenvalue weighted by Crippen LogP contribution is 2.14. The van der Waals surface area contributed by atoms with Crippen LogP contribution in [0.25, 0.3) is 5.69 Å². The minimum absolute atomic E-state index is 0.277. The molecule has 1 aromatic carbocycles.